The first kappa shape index (κ1) is 23.7. The highest BCUT2D eigenvalue weighted by molar-refractivity contribution is 14.1. The molecule has 2 amide bonds. The summed E-state index contributed by atoms with van der Waals surface area (Å²) in [7, 11) is 0. The number of carboxylic acids is 1. The molecule has 1 aliphatic rings. The zero-order valence-electron chi connectivity index (χ0n) is 18.6. The fourth-order valence-corrected chi connectivity index (χ4v) is 4.63. The number of nitrogens with one attached hydrogen (secondary N) is 2. The molecule has 3 N–H and O–H groups in total. The summed E-state index contributed by atoms with van der Waals surface area (Å²) in [6.45, 7) is 2.97. The Hall–Kier alpha value is -3.40. The fourth-order valence-electron chi connectivity index (χ4n) is 3.95. The highest BCUT2D eigenvalue weighted by Crippen LogP contribution is 2.44. The number of benzene rings is 3. The van der Waals surface area contributed by atoms with Crippen LogP contribution in [0, 0.1) is 3.57 Å². The molecule has 0 heterocycles. The molecule has 0 bridgehead atoms. The van der Waals surface area contributed by atoms with Crippen molar-refractivity contribution in [1.82, 2.24) is 5.32 Å². The standard InChI is InChI=1S/C26H23IN2O5/c1-26(2,24(31)32)29-23(30)15-11-16(27)13-17(12-15)28-25(33)34-14-22-20-9-5-3-7-18(20)19-8-4-6-10-21(19)22/h3-13,22H,14H2,1-2H3,(H,28,33)(H,29,30)(H,31,32). The van der Waals surface area contributed by atoms with Gasteiger partial charge in [0.25, 0.3) is 5.91 Å². The SMILES string of the molecule is CC(C)(NC(=O)c1cc(I)cc(NC(=O)OCC2c3ccccc3-c3ccccc32)c1)C(=O)O. The number of hydrogen-bond acceptors (Lipinski definition) is 4. The van der Waals surface area contributed by atoms with Crippen molar-refractivity contribution in [2.45, 2.75) is 25.3 Å². The molecule has 0 radical (unpaired) electrons. The third-order valence-electron chi connectivity index (χ3n) is 5.71. The van der Waals surface area contributed by atoms with Crippen LogP contribution in [0.2, 0.25) is 0 Å². The van der Waals surface area contributed by atoms with Crippen LogP contribution in [0.25, 0.3) is 11.1 Å². The summed E-state index contributed by atoms with van der Waals surface area (Å²) in [6, 6.07) is 21.0. The topological polar surface area (TPSA) is 105 Å². The van der Waals surface area contributed by atoms with E-state index >= 15 is 0 Å². The van der Waals surface area contributed by atoms with E-state index in [1.807, 2.05) is 59.0 Å². The van der Waals surface area contributed by atoms with Crippen molar-refractivity contribution in [3.05, 3.63) is 87.0 Å². The summed E-state index contributed by atoms with van der Waals surface area (Å²) in [4.78, 5) is 36.5. The van der Waals surface area contributed by atoms with Crippen molar-refractivity contribution < 1.29 is 24.2 Å². The lowest BCUT2D eigenvalue weighted by Crippen LogP contribution is -2.49. The van der Waals surface area contributed by atoms with Gasteiger partial charge in [0.1, 0.15) is 12.1 Å². The number of anilines is 1. The lowest BCUT2D eigenvalue weighted by atomic mass is 9.98. The third-order valence-corrected chi connectivity index (χ3v) is 6.33. The number of amides is 2. The van der Waals surface area contributed by atoms with Gasteiger partial charge in [-0.3, -0.25) is 10.1 Å². The van der Waals surface area contributed by atoms with E-state index in [4.69, 9.17) is 4.74 Å². The fraction of sp³-hybridized carbons (Fsp3) is 0.192. The van der Waals surface area contributed by atoms with Crippen molar-refractivity contribution in [3.8, 4) is 11.1 Å². The Morgan fingerprint density at radius 2 is 1.56 bits per heavy atom. The Morgan fingerprint density at radius 3 is 2.15 bits per heavy atom. The predicted octanol–water partition coefficient (Wildman–Crippen LogP) is 5.25. The summed E-state index contributed by atoms with van der Waals surface area (Å²) < 4.78 is 6.27. The summed E-state index contributed by atoms with van der Waals surface area (Å²) in [5.74, 6) is -1.77. The lowest BCUT2D eigenvalue weighted by Gasteiger charge is -2.21. The first-order valence-corrected chi connectivity index (χ1v) is 11.7. The van der Waals surface area contributed by atoms with Crippen LogP contribution in [0.1, 0.15) is 41.3 Å². The smallest absolute Gasteiger partial charge is 0.411 e. The summed E-state index contributed by atoms with van der Waals surface area (Å²) in [5, 5.41) is 14.4. The van der Waals surface area contributed by atoms with Crippen LogP contribution < -0.4 is 10.6 Å². The zero-order chi connectivity index (χ0) is 24.5. The molecular weight excluding hydrogens is 547 g/mol. The Balaban J connectivity index is 1.45. The number of hydrogen-bond donors (Lipinski definition) is 3. The van der Waals surface area contributed by atoms with Crippen molar-refractivity contribution in [1.29, 1.82) is 0 Å². The molecule has 8 heteroatoms. The van der Waals surface area contributed by atoms with Crippen LogP contribution in [0.3, 0.4) is 0 Å². The third kappa shape index (κ3) is 4.91. The quantitative estimate of drug-likeness (QED) is 0.352. The largest absolute Gasteiger partial charge is 0.480 e. The van der Waals surface area contributed by atoms with Crippen molar-refractivity contribution in [2.75, 3.05) is 11.9 Å². The Labute approximate surface area is 210 Å². The average molecular weight is 570 g/mol. The first-order chi connectivity index (χ1) is 16.2. The molecule has 174 valence electrons. The zero-order valence-corrected chi connectivity index (χ0v) is 20.8. The van der Waals surface area contributed by atoms with Crippen molar-refractivity contribution >= 4 is 46.2 Å². The minimum Gasteiger partial charge on any atom is -0.480 e. The Kier molecular flexibility index (Phi) is 6.60. The van der Waals surface area contributed by atoms with Crippen molar-refractivity contribution in [2.24, 2.45) is 0 Å². The van der Waals surface area contributed by atoms with E-state index < -0.39 is 23.5 Å². The number of carboxylic acid groups (broad SMARTS) is 1. The second kappa shape index (κ2) is 9.46. The number of halogens is 1. The molecule has 0 saturated carbocycles. The highest BCUT2D eigenvalue weighted by atomic mass is 127. The summed E-state index contributed by atoms with van der Waals surface area (Å²) in [5.41, 5.74) is 3.70. The molecule has 0 fully saturated rings. The van der Waals surface area contributed by atoms with Gasteiger partial charge < -0.3 is 15.2 Å². The van der Waals surface area contributed by atoms with Gasteiger partial charge in [-0.2, -0.15) is 0 Å². The van der Waals surface area contributed by atoms with E-state index in [0.717, 1.165) is 22.3 Å². The van der Waals surface area contributed by atoms with Crippen LogP contribution in [0.15, 0.2) is 66.7 Å². The molecule has 0 aliphatic heterocycles. The molecule has 0 atom stereocenters. The maximum atomic E-state index is 12.6. The van der Waals surface area contributed by atoms with Gasteiger partial charge in [-0.1, -0.05) is 48.5 Å². The lowest BCUT2D eigenvalue weighted by molar-refractivity contribution is -0.143. The average Bonchev–Trinajstić information content (AvgIpc) is 3.10. The number of fused-ring (bicyclic) bond motifs is 3. The summed E-state index contributed by atoms with van der Waals surface area (Å²) >= 11 is 2.03. The molecular formula is C26H23IN2O5. The van der Waals surface area contributed by atoms with Crippen LogP contribution in [-0.4, -0.2) is 35.2 Å². The van der Waals surface area contributed by atoms with Crippen LogP contribution in [-0.2, 0) is 9.53 Å². The first-order valence-electron chi connectivity index (χ1n) is 10.6. The minimum absolute atomic E-state index is 0.0614. The maximum absolute atomic E-state index is 12.6. The molecule has 3 aromatic carbocycles. The van der Waals surface area contributed by atoms with E-state index in [1.165, 1.54) is 19.9 Å². The van der Waals surface area contributed by atoms with Crippen LogP contribution in [0.5, 0.6) is 0 Å². The number of rotatable bonds is 6. The van der Waals surface area contributed by atoms with Crippen LogP contribution >= 0.6 is 22.6 Å². The molecule has 0 unspecified atom stereocenters. The predicted molar refractivity (Wildman–Crippen MR) is 137 cm³/mol. The van der Waals surface area contributed by atoms with E-state index in [-0.39, 0.29) is 18.1 Å². The van der Waals surface area contributed by atoms with E-state index in [2.05, 4.69) is 22.8 Å². The van der Waals surface area contributed by atoms with Crippen molar-refractivity contribution in [3.63, 3.8) is 0 Å². The van der Waals surface area contributed by atoms with Gasteiger partial charge in [0, 0.05) is 20.7 Å². The number of ether oxygens (including phenoxy) is 1. The Bertz CT molecular complexity index is 1240. The molecule has 0 saturated heterocycles. The van der Waals surface area contributed by atoms with Gasteiger partial charge in [-0.25, -0.2) is 9.59 Å². The molecule has 4 rings (SSSR count). The molecule has 7 nitrogen and oxygen atoms in total. The molecule has 0 aromatic heterocycles. The Morgan fingerprint density at radius 1 is 0.971 bits per heavy atom. The normalized spacial score (nSPS) is 12.4. The van der Waals surface area contributed by atoms with Crippen LogP contribution in [0.4, 0.5) is 10.5 Å². The van der Waals surface area contributed by atoms with Gasteiger partial charge in [-0.15, -0.1) is 0 Å². The summed E-state index contributed by atoms with van der Waals surface area (Å²) in [6.07, 6.45) is -0.638. The van der Waals surface area contributed by atoms with E-state index in [1.54, 1.807) is 12.1 Å². The van der Waals surface area contributed by atoms with E-state index in [0.29, 0.717) is 9.26 Å². The van der Waals surface area contributed by atoms with Gasteiger partial charge in [0.05, 0.1) is 0 Å². The van der Waals surface area contributed by atoms with Gasteiger partial charge in [-0.05, 0) is 76.9 Å². The number of carbonyl (C=O) groups excluding carboxylic acids is 2. The van der Waals surface area contributed by atoms with E-state index in [9.17, 15) is 19.5 Å². The molecule has 3 aromatic rings. The van der Waals surface area contributed by atoms with Gasteiger partial charge >= 0.3 is 12.1 Å². The molecule has 0 spiro atoms. The second-order valence-electron chi connectivity index (χ2n) is 8.56. The number of aliphatic carboxylic acids is 1. The van der Waals surface area contributed by atoms with Gasteiger partial charge in [0.2, 0.25) is 0 Å². The monoisotopic (exact) mass is 570 g/mol. The minimum atomic E-state index is -1.43. The second-order valence-corrected chi connectivity index (χ2v) is 9.81. The molecule has 1 aliphatic carbocycles. The maximum Gasteiger partial charge on any atom is 0.411 e. The van der Waals surface area contributed by atoms with Gasteiger partial charge in [0.15, 0.2) is 0 Å². The highest BCUT2D eigenvalue weighted by Gasteiger charge is 2.30. The number of carbonyl (C=O) groups is 3. The molecule has 34 heavy (non-hydrogen) atoms.